The van der Waals surface area contributed by atoms with E-state index in [9.17, 15) is 4.79 Å². The van der Waals surface area contributed by atoms with Crippen LogP contribution in [0.25, 0.3) is 0 Å². The van der Waals surface area contributed by atoms with Crippen LogP contribution in [0.4, 0.5) is 5.82 Å². The molecule has 19 heavy (non-hydrogen) atoms. The Hall–Kier alpha value is -1.36. The van der Waals surface area contributed by atoms with Gasteiger partial charge in [-0.05, 0) is 39.8 Å². The lowest BCUT2D eigenvalue weighted by atomic mass is 10.2. The highest BCUT2D eigenvalue weighted by Crippen LogP contribution is 2.16. The van der Waals surface area contributed by atoms with Crippen LogP contribution in [-0.4, -0.2) is 40.1 Å². The molecule has 0 amide bonds. The van der Waals surface area contributed by atoms with Gasteiger partial charge in [-0.25, -0.2) is 4.98 Å². The number of anilines is 1. The number of rotatable bonds is 5. The van der Waals surface area contributed by atoms with Gasteiger partial charge in [0.05, 0.1) is 0 Å². The second kappa shape index (κ2) is 6.19. The Morgan fingerprint density at radius 1 is 1.53 bits per heavy atom. The maximum absolute atomic E-state index is 12.2. The highest BCUT2D eigenvalue weighted by atomic mass is 16.1. The summed E-state index contributed by atoms with van der Waals surface area (Å²) in [5.41, 5.74) is -0.0291. The average Bonchev–Trinajstić information content (AvgIpc) is 2.84. The van der Waals surface area contributed by atoms with E-state index >= 15 is 0 Å². The van der Waals surface area contributed by atoms with Crippen molar-refractivity contribution in [2.45, 2.75) is 45.7 Å². The van der Waals surface area contributed by atoms with Crippen molar-refractivity contribution in [1.29, 1.82) is 0 Å². The Labute approximate surface area is 114 Å². The van der Waals surface area contributed by atoms with Gasteiger partial charge in [0.25, 0.3) is 5.56 Å². The van der Waals surface area contributed by atoms with E-state index in [2.05, 4.69) is 22.1 Å². The standard InChI is InChI=1S/C14H24N4O/c1-4-17-8-5-6-12(17)10-16-13-14(19)18(11(2)3)9-7-15-13/h7,9,11-12H,4-6,8,10H2,1-3H3,(H,15,16). The third-order valence-corrected chi connectivity index (χ3v) is 3.83. The molecule has 0 aromatic carbocycles. The number of nitrogens with zero attached hydrogens (tertiary/aromatic N) is 3. The van der Waals surface area contributed by atoms with E-state index in [0.717, 1.165) is 13.1 Å². The first-order chi connectivity index (χ1) is 9.13. The average molecular weight is 264 g/mol. The van der Waals surface area contributed by atoms with Crippen LogP contribution in [0.2, 0.25) is 0 Å². The Bertz CT molecular complexity index is 469. The molecule has 5 heteroatoms. The van der Waals surface area contributed by atoms with Crippen LogP contribution in [-0.2, 0) is 0 Å². The predicted molar refractivity (Wildman–Crippen MR) is 77.6 cm³/mol. The first-order valence-electron chi connectivity index (χ1n) is 7.18. The first kappa shape index (κ1) is 14.1. The molecule has 0 spiro atoms. The largest absolute Gasteiger partial charge is 0.364 e. The van der Waals surface area contributed by atoms with Crippen molar-refractivity contribution in [3.05, 3.63) is 22.7 Å². The quantitative estimate of drug-likeness (QED) is 0.880. The number of aromatic nitrogens is 2. The Balaban J connectivity index is 2.04. The summed E-state index contributed by atoms with van der Waals surface area (Å²) in [7, 11) is 0. The van der Waals surface area contributed by atoms with Crippen molar-refractivity contribution >= 4 is 5.82 Å². The maximum Gasteiger partial charge on any atom is 0.293 e. The topological polar surface area (TPSA) is 50.2 Å². The number of hydrogen-bond donors (Lipinski definition) is 1. The summed E-state index contributed by atoms with van der Waals surface area (Å²) in [6.07, 6.45) is 5.88. The lowest BCUT2D eigenvalue weighted by molar-refractivity contribution is 0.277. The third-order valence-electron chi connectivity index (χ3n) is 3.83. The maximum atomic E-state index is 12.2. The molecule has 0 aliphatic carbocycles. The number of likely N-dealkylation sites (tertiary alicyclic amines) is 1. The van der Waals surface area contributed by atoms with Crippen molar-refractivity contribution in [1.82, 2.24) is 14.5 Å². The minimum absolute atomic E-state index is 0.0291. The van der Waals surface area contributed by atoms with Crippen molar-refractivity contribution in [2.75, 3.05) is 25.0 Å². The second-order valence-electron chi connectivity index (χ2n) is 5.39. The summed E-state index contributed by atoms with van der Waals surface area (Å²) >= 11 is 0. The molecule has 1 aromatic rings. The van der Waals surface area contributed by atoms with E-state index in [0.29, 0.717) is 11.9 Å². The summed E-state index contributed by atoms with van der Waals surface area (Å²) in [5, 5.41) is 3.23. The first-order valence-corrected chi connectivity index (χ1v) is 7.18. The van der Waals surface area contributed by atoms with Gasteiger partial charge >= 0.3 is 0 Å². The molecular formula is C14H24N4O. The molecule has 1 N–H and O–H groups in total. The van der Waals surface area contributed by atoms with E-state index in [1.165, 1.54) is 19.4 Å². The van der Waals surface area contributed by atoms with E-state index in [1.54, 1.807) is 17.0 Å². The van der Waals surface area contributed by atoms with Gasteiger partial charge in [-0.1, -0.05) is 6.92 Å². The Kier molecular flexibility index (Phi) is 4.58. The molecule has 1 aromatic heterocycles. The lowest BCUT2D eigenvalue weighted by Crippen LogP contribution is -2.36. The molecule has 0 saturated carbocycles. The highest BCUT2D eigenvalue weighted by Gasteiger charge is 2.22. The minimum atomic E-state index is -0.0291. The van der Waals surface area contributed by atoms with E-state index in [1.807, 2.05) is 13.8 Å². The van der Waals surface area contributed by atoms with E-state index in [-0.39, 0.29) is 11.6 Å². The number of nitrogens with one attached hydrogen (secondary N) is 1. The van der Waals surface area contributed by atoms with Crippen molar-refractivity contribution in [2.24, 2.45) is 0 Å². The van der Waals surface area contributed by atoms with Crippen LogP contribution < -0.4 is 10.9 Å². The van der Waals surface area contributed by atoms with Crippen LogP contribution >= 0.6 is 0 Å². The summed E-state index contributed by atoms with van der Waals surface area (Å²) in [6.45, 7) is 9.23. The molecule has 1 aliphatic heterocycles. The SMILES string of the molecule is CCN1CCCC1CNc1nccn(C(C)C)c1=O. The van der Waals surface area contributed by atoms with Crippen LogP contribution in [0.15, 0.2) is 17.2 Å². The fourth-order valence-corrected chi connectivity index (χ4v) is 2.71. The predicted octanol–water partition coefficient (Wildman–Crippen LogP) is 1.72. The highest BCUT2D eigenvalue weighted by molar-refractivity contribution is 5.31. The van der Waals surface area contributed by atoms with Crippen LogP contribution in [0, 0.1) is 0 Å². The third kappa shape index (κ3) is 3.15. The fourth-order valence-electron chi connectivity index (χ4n) is 2.71. The van der Waals surface area contributed by atoms with Gasteiger partial charge in [0, 0.05) is 31.0 Å². The number of hydrogen-bond acceptors (Lipinski definition) is 4. The summed E-state index contributed by atoms with van der Waals surface area (Å²) < 4.78 is 1.71. The van der Waals surface area contributed by atoms with Crippen molar-refractivity contribution in [3.8, 4) is 0 Å². The molecule has 1 unspecified atom stereocenters. The van der Waals surface area contributed by atoms with Crippen molar-refractivity contribution in [3.63, 3.8) is 0 Å². The molecule has 0 bridgehead atoms. The summed E-state index contributed by atoms with van der Waals surface area (Å²) in [4.78, 5) is 18.8. The van der Waals surface area contributed by atoms with Crippen molar-refractivity contribution < 1.29 is 0 Å². The van der Waals surface area contributed by atoms with Gasteiger partial charge < -0.3 is 9.88 Å². The van der Waals surface area contributed by atoms with Crippen LogP contribution in [0.5, 0.6) is 0 Å². The zero-order chi connectivity index (χ0) is 13.8. The zero-order valence-electron chi connectivity index (χ0n) is 12.1. The molecule has 1 fully saturated rings. The lowest BCUT2D eigenvalue weighted by Gasteiger charge is -2.23. The molecule has 2 heterocycles. The molecule has 106 valence electrons. The Morgan fingerprint density at radius 2 is 2.32 bits per heavy atom. The smallest absolute Gasteiger partial charge is 0.293 e. The molecule has 1 aliphatic rings. The van der Waals surface area contributed by atoms with Gasteiger partial charge in [-0.15, -0.1) is 0 Å². The monoisotopic (exact) mass is 264 g/mol. The van der Waals surface area contributed by atoms with E-state index in [4.69, 9.17) is 0 Å². The molecular weight excluding hydrogens is 240 g/mol. The molecule has 1 saturated heterocycles. The normalized spacial score (nSPS) is 20.1. The van der Waals surface area contributed by atoms with Gasteiger partial charge in [0.2, 0.25) is 0 Å². The minimum Gasteiger partial charge on any atom is -0.364 e. The second-order valence-corrected chi connectivity index (χ2v) is 5.39. The van der Waals surface area contributed by atoms with Crippen LogP contribution in [0.3, 0.4) is 0 Å². The van der Waals surface area contributed by atoms with Gasteiger partial charge in [-0.2, -0.15) is 0 Å². The number of likely N-dealkylation sites (N-methyl/N-ethyl adjacent to an activating group) is 1. The summed E-state index contributed by atoms with van der Waals surface area (Å²) in [6, 6.07) is 0.688. The fraction of sp³-hybridized carbons (Fsp3) is 0.714. The zero-order valence-corrected chi connectivity index (χ0v) is 12.1. The molecule has 0 radical (unpaired) electrons. The van der Waals surface area contributed by atoms with Gasteiger partial charge in [-0.3, -0.25) is 9.69 Å². The van der Waals surface area contributed by atoms with E-state index < -0.39 is 0 Å². The van der Waals surface area contributed by atoms with Gasteiger partial charge in [0.15, 0.2) is 5.82 Å². The van der Waals surface area contributed by atoms with Gasteiger partial charge in [0.1, 0.15) is 0 Å². The Morgan fingerprint density at radius 3 is 3.00 bits per heavy atom. The molecule has 5 nitrogen and oxygen atoms in total. The molecule has 2 rings (SSSR count). The molecule has 1 atom stereocenters. The summed E-state index contributed by atoms with van der Waals surface area (Å²) in [5.74, 6) is 0.471. The van der Waals surface area contributed by atoms with Crippen LogP contribution in [0.1, 0.15) is 39.7 Å².